The lowest BCUT2D eigenvalue weighted by atomic mass is 9.94. The Kier molecular flexibility index (Phi) is 22.1. The molecule has 0 aromatic heterocycles. The van der Waals surface area contributed by atoms with Crippen molar-refractivity contribution < 1.29 is 39.9 Å². The molecule has 0 unspecified atom stereocenters. The van der Waals surface area contributed by atoms with Crippen LogP contribution >= 0.6 is 0 Å². The van der Waals surface area contributed by atoms with Crippen molar-refractivity contribution in [3.05, 3.63) is 0 Å². The first kappa shape index (κ1) is 30.2. The Morgan fingerprint density at radius 1 is 0.833 bits per heavy atom. The second kappa shape index (κ2) is 17.6. The van der Waals surface area contributed by atoms with Crippen molar-refractivity contribution in [3.8, 4) is 0 Å². The molecule has 0 fully saturated rings. The predicted molar refractivity (Wildman–Crippen MR) is 88.2 cm³/mol. The van der Waals surface area contributed by atoms with Gasteiger partial charge in [0.2, 0.25) is 11.8 Å². The number of hydrogen-bond donors (Lipinski definition) is 7. The van der Waals surface area contributed by atoms with Crippen LogP contribution in [0, 0.1) is 5.41 Å². The number of amides is 2. The summed E-state index contributed by atoms with van der Waals surface area (Å²) in [6.45, 7) is 0.180. The van der Waals surface area contributed by atoms with Crippen LogP contribution in [-0.2, 0) is 14.4 Å². The van der Waals surface area contributed by atoms with E-state index in [-0.39, 0.29) is 47.6 Å². The van der Waals surface area contributed by atoms with E-state index < -0.39 is 36.4 Å². The van der Waals surface area contributed by atoms with Crippen molar-refractivity contribution in [1.82, 2.24) is 10.6 Å². The smallest absolute Gasteiger partial charge is 0.314 e. The molecule has 0 aromatic carbocycles. The van der Waals surface area contributed by atoms with E-state index in [1.54, 1.807) is 0 Å². The Morgan fingerprint density at radius 3 is 1.33 bits per heavy atom. The van der Waals surface area contributed by atoms with Gasteiger partial charge in [0, 0.05) is 13.1 Å². The maximum absolute atomic E-state index is 10.8. The number of nitrogens with one attached hydrogen (secondary N) is 2. The Morgan fingerprint density at radius 2 is 1.17 bits per heavy atom. The molecule has 0 saturated carbocycles. The number of hydrogen-bond acceptors (Lipinski definition) is 7. The minimum Gasteiger partial charge on any atom is -0.481 e. The lowest BCUT2D eigenvalue weighted by molar-refractivity contribution is -0.153. The summed E-state index contributed by atoms with van der Waals surface area (Å²) < 4.78 is 0. The number of carbonyl (C=O) groups excluding carboxylic acids is 2. The topological polar surface area (TPSA) is 176 Å². The highest BCUT2D eigenvalue weighted by Crippen LogP contribution is 2.12. The molecule has 0 spiro atoms. The maximum Gasteiger partial charge on any atom is 0.314 e. The summed E-state index contributed by atoms with van der Waals surface area (Å²) in [5.41, 5.74) is -1.39. The zero-order valence-corrected chi connectivity index (χ0v) is 12.4. The van der Waals surface area contributed by atoms with Crippen LogP contribution in [-0.4, -0.2) is 82.8 Å². The minimum atomic E-state index is -1.39. The molecule has 10 nitrogen and oxygen atoms in total. The molecule has 0 saturated heterocycles. The Hall–Kier alpha value is -1.75. The van der Waals surface area contributed by atoms with E-state index in [9.17, 15) is 14.4 Å². The summed E-state index contributed by atoms with van der Waals surface area (Å²) >= 11 is 0. The van der Waals surface area contributed by atoms with Gasteiger partial charge in [0.1, 0.15) is 11.8 Å². The molecular formula is C14H32N2O8. The molecule has 24 heavy (non-hydrogen) atoms. The van der Waals surface area contributed by atoms with E-state index in [1.807, 2.05) is 0 Å². The molecule has 146 valence electrons. The quantitative estimate of drug-likeness (QED) is 0.230. The van der Waals surface area contributed by atoms with Crippen LogP contribution in [0.1, 0.15) is 28.2 Å². The average Bonchev–Trinajstić information content (AvgIpc) is 2.50. The number of rotatable bonds is 9. The van der Waals surface area contributed by atoms with E-state index in [2.05, 4.69) is 10.6 Å². The van der Waals surface area contributed by atoms with E-state index in [4.69, 9.17) is 25.5 Å². The highest BCUT2D eigenvalue weighted by atomic mass is 16.4. The van der Waals surface area contributed by atoms with Gasteiger partial charge < -0.3 is 36.2 Å². The molecule has 0 aliphatic heterocycles. The van der Waals surface area contributed by atoms with Crippen LogP contribution in [0.25, 0.3) is 0 Å². The number of aliphatic carboxylic acids is 1. The van der Waals surface area contributed by atoms with Crippen LogP contribution in [0.4, 0.5) is 0 Å². The number of aliphatic hydroxyl groups excluding tert-OH is 4. The highest BCUT2D eigenvalue weighted by molar-refractivity contribution is 5.96. The predicted octanol–water partition coefficient (Wildman–Crippen LogP) is -2.07. The molecule has 0 aromatic rings. The third kappa shape index (κ3) is 15.2. The zero-order chi connectivity index (χ0) is 17.6. The van der Waals surface area contributed by atoms with Crippen LogP contribution in [0.15, 0.2) is 0 Å². The monoisotopic (exact) mass is 356 g/mol. The molecule has 10 heteroatoms. The van der Waals surface area contributed by atoms with Gasteiger partial charge in [-0.3, -0.25) is 14.4 Å². The van der Waals surface area contributed by atoms with Crippen LogP contribution in [0.5, 0.6) is 0 Å². The van der Waals surface area contributed by atoms with Gasteiger partial charge in [0.25, 0.3) is 0 Å². The fourth-order valence-corrected chi connectivity index (χ4v) is 0.847. The third-order valence-corrected chi connectivity index (χ3v) is 2.40. The molecule has 0 heterocycles. The highest BCUT2D eigenvalue weighted by Gasteiger charge is 2.31. The number of carbonyl (C=O) groups is 3. The van der Waals surface area contributed by atoms with E-state index in [0.717, 1.165) is 0 Å². The zero-order valence-electron chi connectivity index (χ0n) is 12.4. The number of carboxylic acids is 1. The molecule has 0 rings (SSSR count). The molecule has 0 atom stereocenters. The normalized spacial score (nSPS) is 9.38. The summed E-state index contributed by atoms with van der Waals surface area (Å²) in [5, 5.41) is 46.5. The van der Waals surface area contributed by atoms with Crippen molar-refractivity contribution in [2.45, 2.75) is 28.2 Å². The summed E-state index contributed by atoms with van der Waals surface area (Å²) in [5.74, 6) is -2.07. The molecule has 0 radical (unpaired) electrons. The summed E-state index contributed by atoms with van der Waals surface area (Å²) in [6, 6.07) is 0. The molecule has 0 bridgehead atoms. The van der Waals surface area contributed by atoms with Gasteiger partial charge in [-0.2, -0.15) is 0 Å². The summed E-state index contributed by atoms with van der Waals surface area (Å²) in [7, 11) is 0. The first-order valence-electron chi connectivity index (χ1n) is 6.47. The second-order valence-corrected chi connectivity index (χ2v) is 4.51. The molecule has 0 aliphatic carbocycles. The molecular weight excluding hydrogens is 324 g/mol. The maximum atomic E-state index is 10.8. The molecule has 7 N–H and O–H groups in total. The Labute approximate surface area is 142 Å². The van der Waals surface area contributed by atoms with Crippen LogP contribution < -0.4 is 10.6 Å². The summed E-state index contributed by atoms with van der Waals surface area (Å²) in [6.07, 6.45) is -0.278. The first-order valence-corrected chi connectivity index (χ1v) is 6.47. The van der Waals surface area contributed by atoms with E-state index in [1.165, 1.54) is 6.92 Å². The van der Waals surface area contributed by atoms with Gasteiger partial charge in [-0.1, -0.05) is 14.9 Å². The summed E-state index contributed by atoms with van der Waals surface area (Å²) in [4.78, 5) is 31.8. The first-order chi connectivity index (χ1) is 10.3. The average molecular weight is 356 g/mol. The van der Waals surface area contributed by atoms with Crippen LogP contribution in [0.3, 0.4) is 0 Å². The van der Waals surface area contributed by atoms with E-state index >= 15 is 0 Å². The van der Waals surface area contributed by atoms with Gasteiger partial charge in [-0.25, -0.2) is 0 Å². The van der Waals surface area contributed by atoms with Crippen molar-refractivity contribution in [3.63, 3.8) is 0 Å². The molecule has 2 amide bonds. The van der Waals surface area contributed by atoms with Gasteiger partial charge in [-0.15, -0.1) is 0 Å². The number of carboxylic acid groups (broad SMARTS) is 1. The minimum absolute atomic E-state index is 0. The van der Waals surface area contributed by atoms with Crippen molar-refractivity contribution in [2.75, 3.05) is 39.5 Å². The van der Waals surface area contributed by atoms with Crippen molar-refractivity contribution in [2.24, 2.45) is 5.41 Å². The number of aliphatic hydroxyl groups is 4. The van der Waals surface area contributed by atoms with Gasteiger partial charge >= 0.3 is 5.97 Å². The van der Waals surface area contributed by atoms with Crippen molar-refractivity contribution >= 4 is 17.8 Å². The Balaban J connectivity index is -0.000000162. The van der Waals surface area contributed by atoms with Gasteiger partial charge in [-0.05, 0) is 6.92 Å². The van der Waals surface area contributed by atoms with Crippen molar-refractivity contribution in [1.29, 1.82) is 0 Å². The standard InChI is InChI=1S/C7H14N2O4.C5H10O4.2CH4/c10-3-1-8-6(12)5-7(13)9-2-4-11;1-5(2-6,3-7)4(8)9;;/h10-11H,1-5H2,(H,8,12)(H,9,13);6-7H,2-3H2,1H3,(H,8,9);2*1H4. The van der Waals surface area contributed by atoms with Gasteiger partial charge in [0.05, 0.1) is 26.4 Å². The lowest BCUT2D eigenvalue weighted by Gasteiger charge is -2.17. The molecule has 0 aliphatic rings. The fourth-order valence-electron chi connectivity index (χ4n) is 0.847. The fraction of sp³-hybridized carbons (Fsp3) is 0.786. The lowest BCUT2D eigenvalue weighted by Crippen LogP contribution is -2.35. The van der Waals surface area contributed by atoms with Crippen LogP contribution in [0.2, 0.25) is 0 Å². The SMILES string of the molecule is C.C.CC(CO)(CO)C(=O)O.O=C(CC(=O)NCCO)NCCO. The third-order valence-electron chi connectivity index (χ3n) is 2.40. The second-order valence-electron chi connectivity index (χ2n) is 4.51. The Bertz CT molecular complexity index is 328. The van der Waals surface area contributed by atoms with E-state index in [0.29, 0.717) is 0 Å². The van der Waals surface area contributed by atoms with Gasteiger partial charge in [0.15, 0.2) is 0 Å². The largest absolute Gasteiger partial charge is 0.481 e.